The van der Waals surface area contributed by atoms with Crippen LogP contribution in [0.4, 0.5) is 0 Å². The second-order valence-corrected chi connectivity index (χ2v) is 5.08. The molecular formula is C14H26N3O2+. The van der Waals surface area contributed by atoms with E-state index in [1.807, 2.05) is 0 Å². The summed E-state index contributed by atoms with van der Waals surface area (Å²) in [5.74, 6) is -0.255. The van der Waals surface area contributed by atoms with Crippen LogP contribution in [0.5, 0.6) is 0 Å². The molecule has 0 heterocycles. The van der Waals surface area contributed by atoms with E-state index in [0.29, 0.717) is 13.1 Å². The molecule has 0 aliphatic heterocycles. The maximum Gasteiger partial charge on any atom is 0.243 e. The number of rotatable bonds is 10. The van der Waals surface area contributed by atoms with Gasteiger partial charge in [-0.1, -0.05) is 13.2 Å². The summed E-state index contributed by atoms with van der Waals surface area (Å²) in [4.78, 5) is 21.9. The third-order valence-corrected chi connectivity index (χ3v) is 2.85. The first-order valence-corrected chi connectivity index (χ1v) is 6.54. The van der Waals surface area contributed by atoms with Crippen LogP contribution in [0, 0.1) is 0 Å². The second kappa shape index (κ2) is 9.33. The van der Waals surface area contributed by atoms with Gasteiger partial charge in [0.1, 0.15) is 0 Å². The summed E-state index contributed by atoms with van der Waals surface area (Å²) in [6.45, 7) is 10.1. The highest BCUT2D eigenvalue weighted by Crippen LogP contribution is 2.00. The fraction of sp³-hybridized carbons (Fsp3) is 0.571. The molecule has 0 aromatic carbocycles. The standard InChI is InChI=1S/C14H25N3O2/c1-5-13(18)15-9-7-11-17(3,4)12-8-10-16-14(19)6-2/h5-6H,1-2,7-12H2,3-4H3,(H-,15,16,18,19)/p+1. The molecule has 0 radical (unpaired) electrons. The molecule has 0 aromatic heterocycles. The van der Waals surface area contributed by atoms with E-state index in [0.717, 1.165) is 30.4 Å². The van der Waals surface area contributed by atoms with Gasteiger partial charge in [0.2, 0.25) is 11.8 Å². The Morgan fingerprint density at radius 1 is 0.947 bits per heavy atom. The Bertz CT molecular complexity index is 295. The molecule has 0 aliphatic carbocycles. The molecule has 0 aromatic rings. The van der Waals surface area contributed by atoms with Gasteiger partial charge < -0.3 is 15.1 Å². The smallest absolute Gasteiger partial charge is 0.243 e. The highest BCUT2D eigenvalue weighted by atomic mass is 16.2. The molecule has 0 unspecified atom stereocenters. The predicted molar refractivity (Wildman–Crippen MR) is 77.5 cm³/mol. The lowest BCUT2D eigenvalue weighted by molar-refractivity contribution is -0.890. The Labute approximate surface area is 115 Å². The van der Waals surface area contributed by atoms with Gasteiger partial charge in [-0.25, -0.2) is 0 Å². The number of nitrogens with zero attached hydrogens (tertiary/aromatic N) is 1. The fourth-order valence-corrected chi connectivity index (χ4v) is 1.69. The molecule has 0 rings (SSSR count). The van der Waals surface area contributed by atoms with E-state index in [9.17, 15) is 9.59 Å². The SMILES string of the molecule is C=CC(=O)NCCC[N+](C)(C)CCCNC(=O)C=C. The van der Waals surface area contributed by atoms with Gasteiger partial charge in [-0.05, 0) is 12.2 Å². The monoisotopic (exact) mass is 268 g/mol. The average Bonchev–Trinajstić information content (AvgIpc) is 2.39. The first-order chi connectivity index (χ1) is 8.91. The molecule has 2 amide bonds. The van der Waals surface area contributed by atoms with Crippen molar-refractivity contribution in [2.24, 2.45) is 0 Å². The van der Waals surface area contributed by atoms with E-state index in [1.54, 1.807) is 0 Å². The van der Waals surface area contributed by atoms with Crippen LogP contribution < -0.4 is 10.6 Å². The molecule has 19 heavy (non-hydrogen) atoms. The van der Waals surface area contributed by atoms with Gasteiger partial charge in [0.25, 0.3) is 0 Å². The van der Waals surface area contributed by atoms with Gasteiger partial charge in [-0.3, -0.25) is 9.59 Å². The van der Waals surface area contributed by atoms with Crippen molar-refractivity contribution in [2.45, 2.75) is 12.8 Å². The van der Waals surface area contributed by atoms with Crippen molar-refractivity contribution in [1.29, 1.82) is 0 Å². The number of amides is 2. The largest absolute Gasteiger partial charge is 0.352 e. The van der Waals surface area contributed by atoms with E-state index in [2.05, 4.69) is 37.9 Å². The quantitative estimate of drug-likeness (QED) is 0.343. The predicted octanol–water partition coefficient (Wildman–Crippen LogP) is 0.447. The van der Waals surface area contributed by atoms with Crippen molar-refractivity contribution < 1.29 is 14.1 Å². The van der Waals surface area contributed by atoms with Crippen LogP contribution in [0.2, 0.25) is 0 Å². The first-order valence-electron chi connectivity index (χ1n) is 6.54. The van der Waals surface area contributed by atoms with E-state index in [4.69, 9.17) is 0 Å². The first kappa shape index (κ1) is 17.4. The van der Waals surface area contributed by atoms with Crippen molar-refractivity contribution in [1.82, 2.24) is 10.6 Å². The number of hydrogen-bond donors (Lipinski definition) is 2. The zero-order valence-electron chi connectivity index (χ0n) is 12.1. The maximum absolute atomic E-state index is 11.0. The third kappa shape index (κ3) is 10.0. The molecule has 0 saturated heterocycles. The zero-order chi connectivity index (χ0) is 14.7. The lowest BCUT2D eigenvalue weighted by Crippen LogP contribution is -2.43. The van der Waals surface area contributed by atoms with Crippen molar-refractivity contribution in [2.75, 3.05) is 40.3 Å². The number of quaternary nitrogens is 1. The van der Waals surface area contributed by atoms with Crippen molar-refractivity contribution in [3.63, 3.8) is 0 Å². The minimum Gasteiger partial charge on any atom is -0.352 e. The lowest BCUT2D eigenvalue weighted by Gasteiger charge is -2.29. The Morgan fingerprint density at radius 2 is 1.32 bits per heavy atom. The molecule has 0 spiro atoms. The van der Waals surface area contributed by atoms with Crippen LogP contribution in [0.15, 0.2) is 25.3 Å². The van der Waals surface area contributed by atoms with Gasteiger partial charge in [0, 0.05) is 25.9 Å². The molecule has 108 valence electrons. The highest BCUT2D eigenvalue weighted by Gasteiger charge is 2.13. The van der Waals surface area contributed by atoms with E-state index in [-0.39, 0.29) is 11.8 Å². The highest BCUT2D eigenvalue weighted by molar-refractivity contribution is 5.87. The van der Waals surface area contributed by atoms with Gasteiger partial charge in [-0.15, -0.1) is 0 Å². The Hall–Kier alpha value is -1.62. The minimum atomic E-state index is -0.127. The molecular weight excluding hydrogens is 242 g/mol. The number of nitrogens with one attached hydrogen (secondary N) is 2. The molecule has 2 N–H and O–H groups in total. The maximum atomic E-state index is 11.0. The van der Waals surface area contributed by atoms with E-state index < -0.39 is 0 Å². The van der Waals surface area contributed by atoms with Crippen molar-refractivity contribution >= 4 is 11.8 Å². The van der Waals surface area contributed by atoms with Crippen LogP contribution in [0.25, 0.3) is 0 Å². The zero-order valence-corrected chi connectivity index (χ0v) is 12.1. The molecule has 5 nitrogen and oxygen atoms in total. The lowest BCUT2D eigenvalue weighted by atomic mass is 10.3. The summed E-state index contributed by atoms with van der Waals surface area (Å²) in [6.07, 6.45) is 4.40. The minimum absolute atomic E-state index is 0.127. The number of hydrogen-bond acceptors (Lipinski definition) is 2. The molecule has 0 fully saturated rings. The summed E-state index contributed by atoms with van der Waals surface area (Å²) in [6, 6.07) is 0. The third-order valence-electron chi connectivity index (χ3n) is 2.85. The molecule has 0 bridgehead atoms. The van der Waals surface area contributed by atoms with Crippen LogP contribution in [0.1, 0.15) is 12.8 Å². The average molecular weight is 268 g/mol. The molecule has 5 heteroatoms. The molecule has 0 saturated carbocycles. The Kier molecular flexibility index (Phi) is 8.53. The van der Waals surface area contributed by atoms with Crippen LogP contribution in [-0.4, -0.2) is 56.6 Å². The molecule has 0 atom stereocenters. The van der Waals surface area contributed by atoms with E-state index in [1.165, 1.54) is 12.2 Å². The van der Waals surface area contributed by atoms with E-state index >= 15 is 0 Å². The van der Waals surface area contributed by atoms with Gasteiger partial charge in [-0.2, -0.15) is 0 Å². The topological polar surface area (TPSA) is 58.2 Å². The van der Waals surface area contributed by atoms with Gasteiger partial charge in [0.15, 0.2) is 0 Å². The summed E-state index contributed by atoms with van der Waals surface area (Å²) in [5, 5.41) is 5.52. The summed E-state index contributed by atoms with van der Waals surface area (Å²) >= 11 is 0. The molecule has 0 aliphatic rings. The second-order valence-electron chi connectivity index (χ2n) is 5.08. The summed E-state index contributed by atoms with van der Waals surface area (Å²) in [5.41, 5.74) is 0. The van der Waals surface area contributed by atoms with Crippen molar-refractivity contribution in [3.8, 4) is 0 Å². The number of carbonyl (C=O) groups excluding carboxylic acids is 2. The van der Waals surface area contributed by atoms with Gasteiger partial charge in [0.05, 0.1) is 27.2 Å². The summed E-state index contributed by atoms with van der Waals surface area (Å²) in [7, 11) is 4.29. The van der Waals surface area contributed by atoms with Gasteiger partial charge >= 0.3 is 0 Å². The summed E-state index contributed by atoms with van der Waals surface area (Å²) < 4.78 is 0.869. The van der Waals surface area contributed by atoms with Crippen LogP contribution in [0.3, 0.4) is 0 Å². The fourth-order valence-electron chi connectivity index (χ4n) is 1.69. The number of carbonyl (C=O) groups is 2. The Morgan fingerprint density at radius 3 is 1.63 bits per heavy atom. The van der Waals surface area contributed by atoms with Crippen molar-refractivity contribution in [3.05, 3.63) is 25.3 Å². The van der Waals surface area contributed by atoms with Crippen LogP contribution in [-0.2, 0) is 9.59 Å². The Balaban J connectivity index is 3.67. The normalized spacial score (nSPS) is 10.6. The van der Waals surface area contributed by atoms with Crippen LogP contribution >= 0.6 is 0 Å².